The van der Waals surface area contributed by atoms with E-state index in [-0.39, 0.29) is 12.4 Å². The second kappa shape index (κ2) is 12.9. The number of carbonyl (C=O) groups excluding carboxylic acids is 1. The first-order valence-electron chi connectivity index (χ1n) is 9.59. The summed E-state index contributed by atoms with van der Waals surface area (Å²) in [4.78, 5) is 10.6. The lowest BCUT2D eigenvalue weighted by atomic mass is 10.0. The van der Waals surface area contributed by atoms with Gasteiger partial charge in [0.2, 0.25) is 0 Å². The van der Waals surface area contributed by atoms with Crippen molar-refractivity contribution < 1.29 is 9.53 Å². The fourth-order valence-corrected chi connectivity index (χ4v) is 2.54. The molecular formula is C26H31NO2. The average Bonchev–Trinajstić information content (AvgIpc) is 2.72. The molecule has 0 saturated heterocycles. The van der Waals surface area contributed by atoms with E-state index < -0.39 is 0 Å². The number of Topliss-reactive ketones (excluding diaryl/α,β-unsaturated/α-hetero) is 1. The summed E-state index contributed by atoms with van der Waals surface area (Å²) in [6.07, 6.45) is 6.34. The van der Waals surface area contributed by atoms with E-state index in [0.717, 1.165) is 34.7 Å². The van der Waals surface area contributed by atoms with Crippen LogP contribution in [-0.2, 0) is 11.2 Å². The Kier molecular flexibility index (Phi) is 10.6. The zero-order chi connectivity index (χ0) is 21.6. The molecule has 0 fully saturated rings. The van der Waals surface area contributed by atoms with Crippen molar-refractivity contribution in [2.24, 2.45) is 0 Å². The molecule has 0 heterocycles. The normalized spacial score (nSPS) is 10.2. The highest BCUT2D eigenvalue weighted by molar-refractivity contribution is 5.77. The highest BCUT2D eigenvalue weighted by Gasteiger charge is 2.04. The molecule has 2 rings (SSSR count). The van der Waals surface area contributed by atoms with Gasteiger partial charge in [-0.1, -0.05) is 69.1 Å². The smallest absolute Gasteiger partial charge is 0.167 e. The molecule has 0 aliphatic carbocycles. The van der Waals surface area contributed by atoms with Crippen molar-refractivity contribution in [2.75, 3.05) is 6.61 Å². The largest absolute Gasteiger partial charge is 0.486 e. The van der Waals surface area contributed by atoms with E-state index in [1.54, 1.807) is 12.2 Å². The molecule has 0 aliphatic rings. The Morgan fingerprint density at radius 1 is 1.14 bits per heavy atom. The Morgan fingerprint density at radius 3 is 2.45 bits per heavy atom. The minimum atomic E-state index is 0.0384. The molecule has 0 atom stereocenters. The van der Waals surface area contributed by atoms with Gasteiger partial charge in [-0.2, -0.15) is 0 Å². The van der Waals surface area contributed by atoms with Crippen LogP contribution in [0.5, 0.6) is 5.75 Å². The molecule has 0 amide bonds. The Bertz CT molecular complexity index is 878. The van der Waals surface area contributed by atoms with Crippen LogP contribution in [0.4, 0.5) is 0 Å². The molecule has 0 bridgehead atoms. The molecule has 1 N–H and O–H groups in total. The summed E-state index contributed by atoms with van der Waals surface area (Å²) in [6.45, 7) is 17.3. The molecule has 0 saturated carbocycles. The zero-order valence-corrected chi connectivity index (χ0v) is 17.7. The maximum absolute atomic E-state index is 10.6. The van der Waals surface area contributed by atoms with Crippen LogP contribution in [0.1, 0.15) is 30.5 Å². The molecule has 29 heavy (non-hydrogen) atoms. The lowest BCUT2D eigenvalue weighted by molar-refractivity contribution is -0.118. The summed E-state index contributed by atoms with van der Waals surface area (Å²) < 4.78 is 5.20. The third kappa shape index (κ3) is 8.93. The van der Waals surface area contributed by atoms with E-state index in [4.69, 9.17) is 4.74 Å². The standard InChI is InChI=1S/C16H19N.C10H12O2/c1-5-10-15(7-3)17-13(4)16-12-9-8-11-14(16)6-2;1-8-4-3-5-10(6-8)12-7-9(2)11/h5,7-12,17H,1,3-4,6H2,2H3;3-6H,7H2,1-2H3/b15-10+;. The van der Waals surface area contributed by atoms with Gasteiger partial charge in [-0.15, -0.1) is 0 Å². The van der Waals surface area contributed by atoms with Crippen LogP contribution in [0, 0.1) is 6.92 Å². The summed E-state index contributed by atoms with van der Waals surface area (Å²) in [7, 11) is 0. The van der Waals surface area contributed by atoms with Crippen LogP contribution in [0.3, 0.4) is 0 Å². The minimum absolute atomic E-state index is 0.0384. The molecule has 3 heteroatoms. The van der Waals surface area contributed by atoms with Crippen molar-refractivity contribution >= 4 is 11.5 Å². The van der Waals surface area contributed by atoms with Gasteiger partial charge in [0.25, 0.3) is 0 Å². The minimum Gasteiger partial charge on any atom is -0.486 e. The number of carbonyl (C=O) groups is 1. The number of ether oxygens (including phenoxy) is 1. The fraction of sp³-hybridized carbons (Fsp3) is 0.192. The summed E-state index contributed by atoms with van der Waals surface area (Å²) >= 11 is 0. The number of benzene rings is 2. The van der Waals surface area contributed by atoms with Gasteiger partial charge in [0.15, 0.2) is 5.78 Å². The van der Waals surface area contributed by atoms with Crippen LogP contribution in [-0.4, -0.2) is 12.4 Å². The molecule has 2 aromatic carbocycles. The molecule has 2 aromatic rings. The van der Waals surface area contributed by atoms with Crippen LogP contribution >= 0.6 is 0 Å². The molecule has 152 valence electrons. The number of rotatable bonds is 9. The van der Waals surface area contributed by atoms with E-state index in [0.29, 0.717) is 0 Å². The fourth-order valence-electron chi connectivity index (χ4n) is 2.54. The predicted octanol–water partition coefficient (Wildman–Crippen LogP) is 6.03. The molecule has 0 aromatic heterocycles. The summed E-state index contributed by atoms with van der Waals surface area (Å²) in [5.41, 5.74) is 5.35. The van der Waals surface area contributed by atoms with Crippen LogP contribution < -0.4 is 10.1 Å². The number of aryl methyl sites for hydroxylation is 2. The lowest BCUT2D eigenvalue weighted by Crippen LogP contribution is -2.10. The SMILES string of the molecule is C=C/C=C(\C=C)NC(=C)c1ccccc1CC.CC(=O)COc1cccc(C)c1. The van der Waals surface area contributed by atoms with Gasteiger partial charge in [0, 0.05) is 17.0 Å². The summed E-state index contributed by atoms with van der Waals surface area (Å²) in [5.74, 6) is 0.793. The Hall–Kier alpha value is -3.33. The van der Waals surface area contributed by atoms with E-state index in [9.17, 15) is 4.79 Å². The van der Waals surface area contributed by atoms with E-state index in [1.807, 2.05) is 49.4 Å². The van der Waals surface area contributed by atoms with Crippen LogP contribution in [0.25, 0.3) is 5.70 Å². The van der Waals surface area contributed by atoms with Crippen molar-refractivity contribution in [3.8, 4) is 5.75 Å². The first-order valence-corrected chi connectivity index (χ1v) is 9.59. The number of ketones is 1. The Labute approximate surface area is 175 Å². The molecular weight excluding hydrogens is 358 g/mol. The monoisotopic (exact) mass is 389 g/mol. The Balaban J connectivity index is 0.000000308. The van der Waals surface area contributed by atoms with Crippen molar-refractivity contribution in [3.05, 3.63) is 109 Å². The maximum atomic E-state index is 10.6. The average molecular weight is 390 g/mol. The predicted molar refractivity (Wildman–Crippen MR) is 124 cm³/mol. The lowest BCUT2D eigenvalue weighted by Gasteiger charge is -2.13. The van der Waals surface area contributed by atoms with Gasteiger partial charge in [-0.3, -0.25) is 4.79 Å². The second-order valence-corrected chi connectivity index (χ2v) is 6.48. The molecule has 0 spiro atoms. The third-order valence-electron chi connectivity index (χ3n) is 3.97. The van der Waals surface area contributed by atoms with Gasteiger partial charge < -0.3 is 10.1 Å². The van der Waals surface area contributed by atoms with Gasteiger partial charge in [0.05, 0.1) is 0 Å². The zero-order valence-electron chi connectivity index (χ0n) is 17.7. The number of allylic oxidation sites excluding steroid dienone is 3. The first kappa shape index (κ1) is 23.7. The topological polar surface area (TPSA) is 38.3 Å². The van der Waals surface area contributed by atoms with Gasteiger partial charge in [-0.25, -0.2) is 0 Å². The van der Waals surface area contributed by atoms with E-state index in [2.05, 4.69) is 44.1 Å². The number of hydrogen-bond acceptors (Lipinski definition) is 3. The van der Waals surface area contributed by atoms with Crippen LogP contribution in [0.2, 0.25) is 0 Å². The number of hydrogen-bond donors (Lipinski definition) is 1. The van der Waals surface area contributed by atoms with Crippen molar-refractivity contribution in [2.45, 2.75) is 27.2 Å². The summed E-state index contributed by atoms with van der Waals surface area (Å²) in [6, 6.07) is 15.9. The highest BCUT2D eigenvalue weighted by Crippen LogP contribution is 2.17. The highest BCUT2D eigenvalue weighted by atomic mass is 16.5. The van der Waals surface area contributed by atoms with E-state index in [1.165, 1.54) is 12.5 Å². The second-order valence-electron chi connectivity index (χ2n) is 6.48. The van der Waals surface area contributed by atoms with E-state index >= 15 is 0 Å². The summed E-state index contributed by atoms with van der Waals surface area (Å²) in [5, 5.41) is 3.24. The van der Waals surface area contributed by atoms with Gasteiger partial charge >= 0.3 is 0 Å². The first-order chi connectivity index (χ1) is 13.9. The quantitative estimate of drug-likeness (QED) is 0.532. The number of nitrogens with one attached hydrogen (secondary N) is 1. The van der Waals surface area contributed by atoms with Crippen LogP contribution in [0.15, 0.2) is 92.2 Å². The van der Waals surface area contributed by atoms with Crippen molar-refractivity contribution in [1.82, 2.24) is 5.32 Å². The Morgan fingerprint density at radius 2 is 1.86 bits per heavy atom. The molecule has 0 unspecified atom stereocenters. The van der Waals surface area contributed by atoms with Gasteiger partial charge in [-0.05, 0) is 55.7 Å². The van der Waals surface area contributed by atoms with Gasteiger partial charge in [0.1, 0.15) is 12.4 Å². The third-order valence-corrected chi connectivity index (χ3v) is 3.97. The maximum Gasteiger partial charge on any atom is 0.167 e. The molecule has 0 radical (unpaired) electrons. The van der Waals surface area contributed by atoms with Crippen molar-refractivity contribution in [1.29, 1.82) is 0 Å². The molecule has 3 nitrogen and oxygen atoms in total. The van der Waals surface area contributed by atoms with Crippen molar-refractivity contribution in [3.63, 3.8) is 0 Å². The molecule has 0 aliphatic heterocycles.